The normalized spacial score (nSPS) is 19.0. The van der Waals surface area contributed by atoms with Crippen LogP contribution in [0.25, 0.3) is 0 Å². The minimum atomic E-state index is -0.175. The van der Waals surface area contributed by atoms with Crippen molar-refractivity contribution in [2.45, 2.75) is 31.7 Å². The number of hydrogen-bond donors (Lipinski definition) is 1. The highest BCUT2D eigenvalue weighted by Crippen LogP contribution is 2.29. The second kappa shape index (κ2) is 4.09. The summed E-state index contributed by atoms with van der Waals surface area (Å²) in [4.78, 5) is 0. The maximum absolute atomic E-state index is 12.6. The molecule has 1 aliphatic rings. The Bertz CT molecular complexity index is 290. The van der Waals surface area contributed by atoms with Crippen LogP contribution >= 0.6 is 0 Å². The van der Waals surface area contributed by atoms with Crippen LogP contribution in [0.4, 0.5) is 4.39 Å². The van der Waals surface area contributed by atoms with Gasteiger partial charge in [0.25, 0.3) is 0 Å². The maximum Gasteiger partial charge on any atom is 0.123 e. The van der Waals surface area contributed by atoms with E-state index in [1.165, 1.54) is 31.4 Å². The van der Waals surface area contributed by atoms with Gasteiger partial charge in [-0.2, -0.15) is 0 Å². The van der Waals surface area contributed by atoms with E-state index in [0.29, 0.717) is 5.92 Å². The van der Waals surface area contributed by atoms with Crippen molar-refractivity contribution in [2.24, 2.45) is 11.7 Å². The lowest BCUT2D eigenvalue weighted by atomic mass is 9.78. The Balaban J connectivity index is 1.92. The molecule has 1 aromatic rings. The molecule has 1 saturated carbocycles. The van der Waals surface area contributed by atoms with Gasteiger partial charge in [-0.1, -0.05) is 18.6 Å². The summed E-state index contributed by atoms with van der Waals surface area (Å²) in [6.07, 6.45) is 4.73. The van der Waals surface area contributed by atoms with Gasteiger partial charge < -0.3 is 5.73 Å². The van der Waals surface area contributed by atoms with Crippen LogP contribution in [0.5, 0.6) is 0 Å². The monoisotopic (exact) mass is 193 g/mol. The molecule has 2 N–H and O–H groups in total. The standard InChI is InChI=1S/C12H16FN/c13-11-6-4-9(5-7-11)8-12(14)10-2-1-3-10/h4-7,10,12H,1-3,8,14H2. The Kier molecular flexibility index (Phi) is 2.82. The van der Waals surface area contributed by atoms with Crippen LogP contribution in [0, 0.1) is 11.7 Å². The summed E-state index contributed by atoms with van der Waals surface area (Å²) in [6.45, 7) is 0. The fraction of sp³-hybridized carbons (Fsp3) is 0.500. The van der Waals surface area contributed by atoms with Crippen LogP contribution in [0.2, 0.25) is 0 Å². The summed E-state index contributed by atoms with van der Waals surface area (Å²) in [5, 5.41) is 0. The molecule has 0 saturated heterocycles. The molecule has 0 amide bonds. The van der Waals surface area contributed by atoms with E-state index in [4.69, 9.17) is 5.73 Å². The Morgan fingerprint density at radius 1 is 1.29 bits per heavy atom. The van der Waals surface area contributed by atoms with Crippen molar-refractivity contribution in [1.82, 2.24) is 0 Å². The Morgan fingerprint density at radius 3 is 2.43 bits per heavy atom. The van der Waals surface area contributed by atoms with Crippen molar-refractivity contribution in [3.05, 3.63) is 35.6 Å². The fourth-order valence-electron chi connectivity index (χ4n) is 1.93. The minimum Gasteiger partial charge on any atom is -0.327 e. The summed E-state index contributed by atoms with van der Waals surface area (Å²) < 4.78 is 12.6. The molecule has 1 aliphatic carbocycles. The summed E-state index contributed by atoms with van der Waals surface area (Å²) in [6, 6.07) is 6.92. The van der Waals surface area contributed by atoms with Crippen LogP contribution < -0.4 is 5.73 Å². The molecule has 2 rings (SSSR count). The van der Waals surface area contributed by atoms with Crippen molar-refractivity contribution < 1.29 is 4.39 Å². The molecule has 1 atom stereocenters. The first kappa shape index (κ1) is 9.66. The molecule has 2 heteroatoms. The van der Waals surface area contributed by atoms with Crippen LogP contribution in [-0.2, 0) is 6.42 Å². The van der Waals surface area contributed by atoms with Gasteiger partial charge in [0, 0.05) is 6.04 Å². The smallest absolute Gasteiger partial charge is 0.123 e. The van der Waals surface area contributed by atoms with Gasteiger partial charge in [0.15, 0.2) is 0 Å². The van der Waals surface area contributed by atoms with Crippen molar-refractivity contribution in [3.63, 3.8) is 0 Å². The predicted molar refractivity (Wildman–Crippen MR) is 55.4 cm³/mol. The summed E-state index contributed by atoms with van der Waals surface area (Å²) in [5.74, 6) is 0.519. The first-order chi connectivity index (χ1) is 6.75. The molecular formula is C12H16FN. The molecule has 0 bridgehead atoms. The number of hydrogen-bond acceptors (Lipinski definition) is 1. The number of rotatable bonds is 3. The molecule has 14 heavy (non-hydrogen) atoms. The molecule has 0 aromatic heterocycles. The molecule has 0 radical (unpaired) electrons. The van der Waals surface area contributed by atoms with Gasteiger partial charge in [-0.3, -0.25) is 0 Å². The summed E-state index contributed by atoms with van der Waals surface area (Å²) in [5.41, 5.74) is 7.20. The van der Waals surface area contributed by atoms with Crippen molar-refractivity contribution in [1.29, 1.82) is 0 Å². The van der Waals surface area contributed by atoms with Crippen molar-refractivity contribution >= 4 is 0 Å². The average molecular weight is 193 g/mol. The third-order valence-electron chi connectivity index (χ3n) is 3.14. The number of nitrogens with two attached hydrogens (primary N) is 1. The van der Waals surface area contributed by atoms with E-state index in [-0.39, 0.29) is 11.9 Å². The van der Waals surface area contributed by atoms with Gasteiger partial charge in [-0.05, 0) is 42.9 Å². The van der Waals surface area contributed by atoms with Crippen LogP contribution in [0.15, 0.2) is 24.3 Å². The summed E-state index contributed by atoms with van der Waals surface area (Å²) in [7, 11) is 0. The van der Waals surface area contributed by atoms with E-state index in [2.05, 4.69) is 0 Å². The molecule has 0 aliphatic heterocycles. The van der Waals surface area contributed by atoms with Crippen LogP contribution in [-0.4, -0.2) is 6.04 Å². The molecular weight excluding hydrogens is 177 g/mol. The van der Waals surface area contributed by atoms with E-state index in [1.54, 1.807) is 0 Å². The highest BCUT2D eigenvalue weighted by molar-refractivity contribution is 5.17. The minimum absolute atomic E-state index is 0.175. The summed E-state index contributed by atoms with van der Waals surface area (Å²) >= 11 is 0. The van der Waals surface area contributed by atoms with E-state index >= 15 is 0 Å². The molecule has 1 aromatic carbocycles. The van der Waals surface area contributed by atoms with Crippen molar-refractivity contribution in [2.75, 3.05) is 0 Å². The molecule has 76 valence electrons. The third kappa shape index (κ3) is 2.13. The second-order valence-corrected chi connectivity index (χ2v) is 4.19. The zero-order valence-electron chi connectivity index (χ0n) is 8.25. The molecule has 1 unspecified atom stereocenters. The molecule has 0 heterocycles. The quantitative estimate of drug-likeness (QED) is 0.784. The highest BCUT2D eigenvalue weighted by Gasteiger charge is 2.24. The first-order valence-electron chi connectivity index (χ1n) is 5.26. The lowest BCUT2D eigenvalue weighted by Crippen LogP contribution is -2.36. The molecule has 0 spiro atoms. The van der Waals surface area contributed by atoms with Gasteiger partial charge in [0.2, 0.25) is 0 Å². The number of halogens is 1. The molecule has 1 fully saturated rings. The van der Waals surface area contributed by atoms with E-state index in [0.717, 1.165) is 12.0 Å². The largest absolute Gasteiger partial charge is 0.327 e. The zero-order valence-corrected chi connectivity index (χ0v) is 8.25. The van der Waals surface area contributed by atoms with Gasteiger partial charge in [-0.25, -0.2) is 4.39 Å². The Labute approximate surface area is 84.1 Å². The fourth-order valence-corrected chi connectivity index (χ4v) is 1.93. The zero-order chi connectivity index (χ0) is 9.97. The topological polar surface area (TPSA) is 26.0 Å². The first-order valence-corrected chi connectivity index (χ1v) is 5.26. The van der Waals surface area contributed by atoms with Gasteiger partial charge >= 0.3 is 0 Å². The highest BCUT2D eigenvalue weighted by atomic mass is 19.1. The van der Waals surface area contributed by atoms with Crippen molar-refractivity contribution in [3.8, 4) is 0 Å². The Hall–Kier alpha value is -0.890. The van der Waals surface area contributed by atoms with E-state index in [1.807, 2.05) is 12.1 Å². The lowest BCUT2D eigenvalue weighted by Gasteiger charge is -2.31. The lowest BCUT2D eigenvalue weighted by molar-refractivity contribution is 0.260. The Morgan fingerprint density at radius 2 is 1.93 bits per heavy atom. The van der Waals surface area contributed by atoms with Crippen LogP contribution in [0.3, 0.4) is 0 Å². The van der Waals surface area contributed by atoms with E-state index < -0.39 is 0 Å². The van der Waals surface area contributed by atoms with E-state index in [9.17, 15) is 4.39 Å². The predicted octanol–water partition coefficient (Wildman–Crippen LogP) is 2.50. The van der Waals surface area contributed by atoms with Gasteiger partial charge in [0.1, 0.15) is 5.82 Å². The van der Waals surface area contributed by atoms with Gasteiger partial charge in [-0.15, -0.1) is 0 Å². The average Bonchev–Trinajstić information content (AvgIpc) is 2.06. The maximum atomic E-state index is 12.6. The van der Waals surface area contributed by atoms with Crippen LogP contribution in [0.1, 0.15) is 24.8 Å². The SMILES string of the molecule is NC(Cc1ccc(F)cc1)C1CCC1. The number of benzene rings is 1. The second-order valence-electron chi connectivity index (χ2n) is 4.19. The molecule has 1 nitrogen and oxygen atoms in total. The third-order valence-corrected chi connectivity index (χ3v) is 3.14. The van der Waals surface area contributed by atoms with Gasteiger partial charge in [0.05, 0.1) is 0 Å².